The van der Waals surface area contributed by atoms with E-state index in [1.807, 2.05) is 17.8 Å². The molecule has 1 aliphatic heterocycles. The van der Waals surface area contributed by atoms with Gasteiger partial charge in [-0.2, -0.15) is 0 Å². The van der Waals surface area contributed by atoms with Gasteiger partial charge >= 0.3 is 5.97 Å². The highest BCUT2D eigenvalue weighted by molar-refractivity contribution is 5.73. The van der Waals surface area contributed by atoms with Gasteiger partial charge in [0.15, 0.2) is 0 Å². The fraction of sp³-hybridized carbons (Fsp3) is 0.714. The first kappa shape index (κ1) is 14.1. The third-order valence-electron chi connectivity index (χ3n) is 4.23. The van der Waals surface area contributed by atoms with Crippen LogP contribution in [0.1, 0.15) is 32.0 Å². The molecule has 0 aromatic carbocycles. The van der Waals surface area contributed by atoms with Crippen LogP contribution in [0.15, 0.2) is 12.4 Å². The van der Waals surface area contributed by atoms with Gasteiger partial charge in [-0.25, -0.2) is 4.98 Å². The Morgan fingerprint density at radius 3 is 2.95 bits per heavy atom. The van der Waals surface area contributed by atoms with Gasteiger partial charge in [-0.15, -0.1) is 0 Å². The van der Waals surface area contributed by atoms with E-state index in [-0.39, 0.29) is 6.04 Å². The third-order valence-corrected chi connectivity index (χ3v) is 4.23. The molecule has 2 atom stereocenters. The zero-order chi connectivity index (χ0) is 13.8. The molecule has 0 spiro atoms. The molecular weight excluding hydrogens is 242 g/mol. The predicted octanol–water partition coefficient (Wildman–Crippen LogP) is 1.54. The highest BCUT2D eigenvalue weighted by atomic mass is 16.4. The Bertz CT molecular complexity index is 430. The van der Waals surface area contributed by atoms with E-state index in [1.165, 1.54) is 0 Å². The van der Waals surface area contributed by atoms with Crippen LogP contribution in [0.3, 0.4) is 0 Å². The van der Waals surface area contributed by atoms with Gasteiger partial charge in [0.05, 0.1) is 0 Å². The molecule has 5 heteroatoms. The Morgan fingerprint density at radius 1 is 1.58 bits per heavy atom. The lowest BCUT2D eigenvalue weighted by molar-refractivity contribution is -0.145. The largest absolute Gasteiger partial charge is 0.480 e. The summed E-state index contributed by atoms with van der Waals surface area (Å²) in [6, 6.07) is -0.320. The van der Waals surface area contributed by atoms with Crippen molar-refractivity contribution in [3.8, 4) is 0 Å². The highest BCUT2D eigenvalue weighted by Gasteiger charge is 2.32. The topological polar surface area (TPSA) is 58.4 Å². The fourth-order valence-corrected chi connectivity index (χ4v) is 2.86. The van der Waals surface area contributed by atoms with Gasteiger partial charge in [0.2, 0.25) is 0 Å². The van der Waals surface area contributed by atoms with Crippen molar-refractivity contribution in [3.63, 3.8) is 0 Å². The van der Waals surface area contributed by atoms with Crippen LogP contribution in [-0.4, -0.2) is 44.7 Å². The molecule has 106 valence electrons. The maximum absolute atomic E-state index is 11.4. The van der Waals surface area contributed by atoms with Crippen molar-refractivity contribution >= 4 is 5.97 Å². The number of rotatable bonds is 5. The first-order valence-corrected chi connectivity index (χ1v) is 7.04. The average molecular weight is 265 g/mol. The molecule has 19 heavy (non-hydrogen) atoms. The average Bonchev–Trinajstić information content (AvgIpc) is 2.81. The second kappa shape index (κ2) is 6.19. The summed E-state index contributed by atoms with van der Waals surface area (Å²) in [6.45, 7) is 3.81. The number of aryl methyl sites for hydroxylation is 1. The molecule has 1 aromatic heterocycles. The first-order chi connectivity index (χ1) is 9.11. The van der Waals surface area contributed by atoms with Gasteiger partial charge < -0.3 is 9.67 Å². The summed E-state index contributed by atoms with van der Waals surface area (Å²) in [5.74, 6) is 0.894. The van der Waals surface area contributed by atoms with Crippen LogP contribution in [0, 0.1) is 5.92 Å². The van der Waals surface area contributed by atoms with E-state index >= 15 is 0 Å². The molecule has 0 radical (unpaired) electrons. The fourth-order valence-electron chi connectivity index (χ4n) is 2.86. The van der Waals surface area contributed by atoms with E-state index in [4.69, 9.17) is 0 Å². The minimum absolute atomic E-state index is 0.320. The Hall–Kier alpha value is -1.36. The van der Waals surface area contributed by atoms with Crippen molar-refractivity contribution in [3.05, 3.63) is 18.2 Å². The minimum atomic E-state index is -0.682. The van der Waals surface area contributed by atoms with E-state index in [0.29, 0.717) is 5.92 Å². The second-order valence-electron chi connectivity index (χ2n) is 5.39. The summed E-state index contributed by atoms with van der Waals surface area (Å²) in [5, 5.41) is 9.37. The lowest BCUT2D eigenvalue weighted by Gasteiger charge is -2.36. The molecular formula is C14H23N3O2. The summed E-state index contributed by atoms with van der Waals surface area (Å²) in [4.78, 5) is 17.8. The molecule has 0 bridgehead atoms. The second-order valence-corrected chi connectivity index (χ2v) is 5.39. The standard InChI is InChI=1S/C14H23N3O2/c1-3-11-4-7-17(12(10-11)14(18)19)8-5-13-15-6-9-16(13)2/h6,9,11-12H,3-5,7-8,10H2,1-2H3,(H,18,19). The zero-order valence-electron chi connectivity index (χ0n) is 11.7. The monoisotopic (exact) mass is 265 g/mol. The molecule has 0 amide bonds. The number of hydrogen-bond acceptors (Lipinski definition) is 3. The highest BCUT2D eigenvalue weighted by Crippen LogP contribution is 2.25. The van der Waals surface area contributed by atoms with Crippen LogP contribution >= 0.6 is 0 Å². The molecule has 1 N–H and O–H groups in total. The van der Waals surface area contributed by atoms with E-state index in [0.717, 1.165) is 44.6 Å². The number of carboxylic acid groups (broad SMARTS) is 1. The number of imidazole rings is 1. The number of aliphatic carboxylic acids is 1. The van der Waals surface area contributed by atoms with Gasteiger partial charge in [0.25, 0.3) is 0 Å². The van der Waals surface area contributed by atoms with Gasteiger partial charge in [-0.3, -0.25) is 9.69 Å². The normalized spacial score (nSPS) is 24.5. The molecule has 2 rings (SSSR count). The van der Waals surface area contributed by atoms with E-state index < -0.39 is 5.97 Å². The zero-order valence-corrected chi connectivity index (χ0v) is 11.7. The van der Waals surface area contributed by atoms with Crippen LogP contribution in [0.25, 0.3) is 0 Å². The molecule has 0 aliphatic carbocycles. The van der Waals surface area contributed by atoms with Gasteiger partial charge in [0.1, 0.15) is 11.9 Å². The van der Waals surface area contributed by atoms with Crippen LogP contribution in [0.4, 0.5) is 0 Å². The lowest BCUT2D eigenvalue weighted by atomic mass is 9.89. The predicted molar refractivity (Wildman–Crippen MR) is 72.9 cm³/mol. The number of piperidine rings is 1. The smallest absolute Gasteiger partial charge is 0.320 e. The Morgan fingerprint density at radius 2 is 2.37 bits per heavy atom. The lowest BCUT2D eigenvalue weighted by Crippen LogP contribution is -2.47. The summed E-state index contributed by atoms with van der Waals surface area (Å²) in [5.41, 5.74) is 0. The van der Waals surface area contributed by atoms with Crippen molar-refractivity contribution in [1.82, 2.24) is 14.5 Å². The number of carboxylic acids is 1. The summed E-state index contributed by atoms with van der Waals surface area (Å²) >= 11 is 0. The first-order valence-electron chi connectivity index (χ1n) is 7.04. The van der Waals surface area contributed by atoms with Gasteiger partial charge in [-0.05, 0) is 25.3 Å². The molecule has 1 saturated heterocycles. The van der Waals surface area contributed by atoms with Crippen molar-refractivity contribution in [2.75, 3.05) is 13.1 Å². The number of aromatic nitrogens is 2. The maximum Gasteiger partial charge on any atom is 0.320 e. The maximum atomic E-state index is 11.4. The Kier molecular flexibility index (Phi) is 4.58. The number of likely N-dealkylation sites (tertiary alicyclic amines) is 1. The van der Waals surface area contributed by atoms with E-state index in [9.17, 15) is 9.90 Å². The molecule has 2 unspecified atom stereocenters. The van der Waals surface area contributed by atoms with E-state index in [2.05, 4.69) is 16.8 Å². The number of carbonyl (C=O) groups is 1. The SMILES string of the molecule is CCC1CCN(CCc2nccn2C)C(C(=O)O)C1. The molecule has 1 aromatic rings. The van der Waals surface area contributed by atoms with Gasteiger partial charge in [-0.1, -0.05) is 13.3 Å². The quantitative estimate of drug-likeness (QED) is 0.877. The number of hydrogen-bond donors (Lipinski definition) is 1. The molecule has 1 aliphatic rings. The van der Waals surface area contributed by atoms with Crippen molar-refractivity contribution in [1.29, 1.82) is 0 Å². The van der Waals surface area contributed by atoms with Crippen molar-refractivity contribution < 1.29 is 9.90 Å². The molecule has 1 fully saturated rings. The minimum Gasteiger partial charge on any atom is -0.480 e. The Balaban J connectivity index is 1.94. The van der Waals surface area contributed by atoms with Crippen LogP contribution in [0.5, 0.6) is 0 Å². The van der Waals surface area contributed by atoms with Crippen LogP contribution in [-0.2, 0) is 18.3 Å². The van der Waals surface area contributed by atoms with Crippen molar-refractivity contribution in [2.24, 2.45) is 13.0 Å². The van der Waals surface area contributed by atoms with Crippen molar-refractivity contribution in [2.45, 2.75) is 38.6 Å². The Labute approximate surface area is 114 Å². The molecule has 5 nitrogen and oxygen atoms in total. The summed E-state index contributed by atoms with van der Waals surface area (Å²) in [6.07, 6.45) is 7.50. The van der Waals surface area contributed by atoms with E-state index in [1.54, 1.807) is 6.20 Å². The number of nitrogens with zero attached hydrogens (tertiary/aromatic N) is 3. The summed E-state index contributed by atoms with van der Waals surface area (Å²) < 4.78 is 1.99. The van der Waals surface area contributed by atoms with Crippen LogP contribution in [0.2, 0.25) is 0 Å². The third kappa shape index (κ3) is 3.35. The molecule has 2 heterocycles. The summed E-state index contributed by atoms with van der Waals surface area (Å²) in [7, 11) is 1.97. The van der Waals surface area contributed by atoms with Crippen LogP contribution < -0.4 is 0 Å². The van der Waals surface area contributed by atoms with Gasteiger partial charge in [0, 0.05) is 32.4 Å². The molecule has 0 saturated carbocycles.